The van der Waals surface area contributed by atoms with E-state index >= 15 is 0 Å². The number of sulfonamides is 1. The van der Waals surface area contributed by atoms with Crippen molar-refractivity contribution < 1.29 is 27.5 Å². The van der Waals surface area contributed by atoms with Gasteiger partial charge < -0.3 is 19.3 Å². The van der Waals surface area contributed by atoms with E-state index in [-0.39, 0.29) is 48.2 Å². The number of carbonyl (C=O) groups excluding carboxylic acids is 2. The summed E-state index contributed by atoms with van der Waals surface area (Å²) in [5.74, 6) is 0.732. The lowest BCUT2D eigenvalue weighted by molar-refractivity contribution is -0.137. The van der Waals surface area contributed by atoms with Crippen molar-refractivity contribution in [2.24, 2.45) is 5.92 Å². The van der Waals surface area contributed by atoms with E-state index in [0.717, 1.165) is 32.1 Å². The number of ether oxygens (including phenoxy) is 2. The fraction of sp³-hybridized carbons (Fsp3) is 0.652. The minimum atomic E-state index is -3.71. The van der Waals surface area contributed by atoms with Gasteiger partial charge in [-0.1, -0.05) is 12.8 Å². The Bertz CT molecular complexity index is 1020. The first-order valence-corrected chi connectivity index (χ1v) is 13.4. The monoisotopic (exact) mass is 477 g/mol. The van der Waals surface area contributed by atoms with Crippen LogP contribution in [0.3, 0.4) is 0 Å². The predicted molar refractivity (Wildman–Crippen MR) is 119 cm³/mol. The molecule has 1 aliphatic carbocycles. The van der Waals surface area contributed by atoms with Gasteiger partial charge in [-0.15, -0.1) is 0 Å². The summed E-state index contributed by atoms with van der Waals surface area (Å²) in [6, 6.07) is 4.99. The van der Waals surface area contributed by atoms with Crippen LogP contribution in [-0.4, -0.2) is 86.3 Å². The Labute approximate surface area is 194 Å². The average Bonchev–Trinajstić information content (AvgIpc) is 3.42. The number of amides is 2. The number of fused-ring (bicyclic) bond motifs is 1. The summed E-state index contributed by atoms with van der Waals surface area (Å²) in [7, 11) is -3.71. The Hall–Kier alpha value is -2.33. The highest BCUT2D eigenvalue weighted by atomic mass is 32.2. The lowest BCUT2D eigenvalue weighted by Crippen LogP contribution is -2.52. The van der Waals surface area contributed by atoms with E-state index in [1.807, 2.05) is 4.90 Å². The largest absolute Gasteiger partial charge is 0.490 e. The first kappa shape index (κ1) is 22.5. The molecule has 0 aromatic heterocycles. The van der Waals surface area contributed by atoms with Crippen LogP contribution in [0.2, 0.25) is 0 Å². The van der Waals surface area contributed by atoms with Gasteiger partial charge >= 0.3 is 0 Å². The summed E-state index contributed by atoms with van der Waals surface area (Å²) < 4.78 is 39.0. The van der Waals surface area contributed by atoms with Gasteiger partial charge in [0.1, 0.15) is 0 Å². The standard InChI is InChI=1S/C23H31N3O6S/c27-22-14-17(16-26(22)18-4-1-2-5-18)23(28)24-8-10-25(11-9-24)33(29,30)19-6-7-20-21(15-19)32-13-3-12-31-20/h6-7,15,17-18H,1-5,8-14,16H2/t17-/m1/s1. The normalized spacial score (nSPS) is 24.8. The molecular weight excluding hydrogens is 446 g/mol. The molecular formula is C23H31N3O6S. The number of benzene rings is 1. The van der Waals surface area contributed by atoms with Gasteiger partial charge in [-0.2, -0.15) is 4.31 Å². The summed E-state index contributed by atoms with van der Waals surface area (Å²) in [4.78, 5) is 29.3. The Kier molecular flexibility index (Phi) is 6.22. The third kappa shape index (κ3) is 4.42. The first-order chi connectivity index (χ1) is 15.9. The zero-order chi connectivity index (χ0) is 23.0. The van der Waals surface area contributed by atoms with Crippen molar-refractivity contribution >= 4 is 21.8 Å². The summed E-state index contributed by atoms with van der Waals surface area (Å²) in [5, 5.41) is 0. The van der Waals surface area contributed by atoms with E-state index in [1.54, 1.807) is 17.0 Å². The summed E-state index contributed by atoms with van der Waals surface area (Å²) in [6.07, 6.45) is 5.37. The zero-order valence-corrected chi connectivity index (χ0v) is 19.6. The topological polar surface area (TPSA) is 96.5 Å². The van der Waals surface area contributed by atoms with E-state index in [9.17, 15) is 18.0 Å². The van der Waals surface area contributed by atoms with Gasteiger partial charge in [0.2, 0.25) is 21.8 Å². The van der Waals surface area contributed by atoms with E-state index in [0.29, 0.717) is 44.3 Å². The molecule has 0 radical (unpaired) electrons. The van der Waals surface area contributed by atoms with Crippen LogP contribution in [0.5, 0.6) is 11.5 Å². The Morgan fingerprint density at radius 3 is 2.36 bits per heavy atom. The number of hydrogen-bond donors (Lipinski definition) is 0. The minimum absolute atomic E-state index is 0.0310. The maximum absolute atomic E-state index is 13.2. The highest BCUT2D eigenvalue weighted by Gasteiger charge is 2.41. The Morgan fingerprint density at radius 2 is 1.64 bits per heavy atom. The second-order valence-electron chi connectivity index (χ2n) is 9.27. The van der Waals surface area contributed by atoms with Gasteiger partial charge in [0.05, 0.1) is 24.0 Å². The van der Waals surface area contributed by atoms with Crippen molar-refractivity contribution in [3.63, 3.8) is 0 Å². The quantitative estimate of drug-likeness (QED) is 0.652. The SMILES string of the molecule is O=C([C@@H]1CC(=O)N(C2CCCC2)C1)N1CCN(S(=O)(=O)c2ccc3c(c2)OCCCO3)CC1. The lowest BCUT2D eigenvalue weighted by Gasteiger charge is -2.35. The van der Waals surface area contributed by atoms with E-state index in [1.165, 1.54) is 10.4 Å². The molecule has 1 saturated carbocycles. The van der Waals surface area contributed by atoms with Crippen LogP contribution in [0.25, 0.3) is 0 Å². The van der Waals surface area contributed by atoms with E-state index in [2.05, 4.69) is 0 Å². The van der Waals surface area contributed by atoms with Gasteiger partial charge in [0.15, 0.2) is 11.5 Å². The number of piperazine rings is 1. The molecule has 2 amide bonds. The van der Waals surface area contributed by atoms with E-state index in [4.69, 9.17) is 9.47 Å². The molecule has 0 spiro atoms. The second kappa shape index (κ2) is 9.13. The highest BCUT2D eigenvalue weighted by Crippen LogP contribution is 2.34. The van der Waals surface area contributed by atoms with Crippen molar-refractivity contribution in [2.75, 3.05) is 45.9 Å². The smallest absolute Gasteiger partial charge is 0.243 e. The van der Waals surface area contributed by atoms with E-state index < -0.39 is 10.0 Å². The van der Waals surface area contributed by atoms with Gasteiger partial charge in [0.25, 0.3) is 0 Å². The van der Waals surface area contributed by atoms with Crippen LogP contribution in [0.1, 0.15) is 38.5 Å². The molecule has 5 rings (SSSR count). The van der Waals surface area contributed by atoms with Gasteiger partial charge in [-0.3, -0.25) is 9.59 Å². The average molecular weight is 478 g/mol. The molecule has 33 heavy (non-hydrogen) atoms. The molecule has 0 unspecified atom stereocenters. The molecule has 10 heteroatoms. The van der Waals surface area contributed by atoms with Crippen LogP contribution in [0, 0.1) is 5.92 Å². The van der Waals surface area contributed by atoms with Crippen LogP contribution in [0.15, 0.2) is 23.1 Å². The number of carbonyl (C=O) groups is 2. The van der Waals surface area contributed by atoms with Gasteiger partial charge in [-0.25, -0.2) is 8.42 Å². The number of likely N-dealkylation sites (tertiary alicyclic amines) is 1. The van der Waals surface area contributed by atoms with Crippen LogP contribution >= 0.6 is 0 Å². The zero-order valence-electron chi connectivity index (χ0n) is 18.8. The molecule has 9 nitrogen and oxygen atoms in total. The van der Waals surface area contributed by atoms with Crippen molar-refractivity contribution in [1.82, 2.24) is 14.1 Å². The Balaban J connectivity index is 1.20. The molecule has 0 N–H and O–H groups in total. The highest BCUT2D eigenvalue weighted by molar-refractivity contribution is 7.89. The summed E-state index contributed by atoms with van der Waals surface area (Å²) in [6.45, 7) is 2.65. The third-order valence-corrected chi connectivity index (χ3v) is 9.07. The molecule has 3 heterocycles. The maximum Gasteiger partial charge on any atom is 0.243 e. The van der Waals surface area contributed by atoms with Crippen LogP contribution in [-0.2, 0) is 19.6 Å². The summed E-state index contributed by atoms with van der Waals surface area (Å²) >= 11 is 0. The van der Waals surface area contributed by atoms with Crippen LogP contribution < -0.4 is 9.47 Å². The fourth-order valence-corrected chi connectivity index (χ4v) is 6.76. The van der Waals surface area contributed by atoms with Gasteiger partial charge in [0, 0.05) is 57.7 Å². The van der Waals surface area contributed by atoms with Crippen molar-refractivity contribution in [2.45, 2.75) is 49.5 Å². The summed E-state index contributed by atoms with van der Waals surface area (Å²) in [5.41, 5.74) is 0. The molecule has 3 aliphatic heterocycles. The molecule has 4 aliphatic rings. The second-order valence-corrected chi connectivity index (χ2v) is 11.2. The third-order valence-electron chi connectivity index (χ3n) is 7.18. The maximum atomic E-state index is 13.2. The fourth-order valence-electron chi connectivity index (χ4n) is 5.33. The molecule has 2 saturated heterocycles. The van der Waals surface area contributed by atoms with Crippen LogP contribution in [0.4, 0.5) is 0 Å². The lowest BCUT2D eigenvalue weighted by atomic mass is 10.1. The molecule has 180 valence electrons. The number of hydrogen-bond acceptors (Lipinski definition) is 6. The molecule has 0 bridgehead atoms. The Morgan fingerprint density at radius 1 is 0.939 bits per heavy atom. The minimum Gasteiger partial charge on any atom is -0.490 e. The molecule has 1 aromatic carbocycles. The predicted octanol–water partition coefficient (Wildman–Crippen LogP) is 1.47. The van der Waals surface area contributed by atoms with Crippen molar-refractivity contribution in [3.05, 3.63) is 18.2 Å². The van der Waals surface area contributed by atoms with Crippen molar-refractivity contribution in [3.8, 4) is 11.5 Å². The molecule has 3 fully saturated rings. The first-order valence-electron chi connectivity index (χ1n) is 11.9. The van der Waals surface area contributed by atoms with Gasteiger partial charge in [-0.05, 0) is 25.0 Å². The molecule has 1 aromatic rings. The molecule has 1 atom stereocenters. The number of nitrogens with zero attached hydrogens (tertiary/aromatic N) is 3. The number of rotatable bonds is 4. The van der Waals surface area contributed by atoms with Crippen molar-refractivity contribution in [1.29, 1.82) is 0 Å².